The predicted molar refractivity (Wildman–Crippen MR) is 212 cm³/mol. The molecule has 8 rings (SSSR count). The molecule has 6 aromatic carbocycles. The fourth-order valence-corrected chi connectivity index (χ4v) is 7.43. The van der Waals surface area contributed by atoms with Crippen LogP contribution in [-0.4, -0.2) is 30.4 Å². The molecule has 6 heteroatoms. The molecule has 0 unspecified atom stereocenters. The maximum atomic E-state index is 12.4. The number of pyridine rings is 2. The largest absolute Gasteiger partial charge is 0.507 e. The molecule has 0 atom stereocenters. The van der Waals surface area contributed by atoms with Crippen molar-refractivity contribution in [3.8, 4) is 56.6 Å². The van der Waals surface area contributed by atoms with E-state index in [9.17, 15) is 20.4 Å². The van der Waals surface area contributed by atoms with Gasteiger partial charge in [-0.1, -0.05) is 126 Å². The lowest BCUT2D eigenvalue weighted by molar-refractivity contribution is 0.451. The number of fused-ring (bicyclic) bond motifs is 4. The first kappa shape index (κ1) is 33.0. The standard InChI is InChI=1S/C46H40N2O4/c1-45(2,3)33-19-15-25-17-21-35(47-39(25)43(33)51)31-23-27-11-7-9-13-29(27)37(41(31)49)38-30-14-10-8-12-28(30)24-32(42(38)50)36-22-18-26-16-20-34(46(4,5)6)44(52)40(26)48-36/h7-24,49-52H,1-6H3. The van der Waals surface area contributed by atoms with Gasteiger partial charge in [0.15, 0.2) is 0 Å². The van der Waals surface area contributed by atoms with Crippen LogP contribution in [0.25, 0.3) is 77.0 Å². The highest BCUT2D eigenvalue weighted by Crippen LogP contribution is 2.51. The van der Waals surface area contributed by atoms with E-state index >= 15 is 0 Å². The summed E-state index contributed by atoms with van der Waals surface area (Å²) < 4.78 is 0. The Morgan fingerprint density at radius 2 is 0.769 bits per heavy atom. The molecule has 0 radical (unpaired) electrons. The van der Waals surface area contributed by atoms with Crippen LogP contribution in [-0.2, 0) is 10.8 Å². The highest BCUT2D eigenvalue weighted by atomic mass is 16.3. The molecule has 0 aliphatic rings. The minimum absolute atomic E-state index is 0.0476. The summed E-state index contributed by atoms with van der Waals surface area (Å²) in [5.74, 6) is 0.140. The molecule has 0 fully saturated rings. The molecule has 4 N–H and O–H groups in total. The smallest absolute Gasteiger partial charge is 0.145 e. The second-order valence-electron chi connectivity index (χ2n) is 15.7. The normalized spacial score (nSPS) is 12.3. The molecule has 0 spiro atoms. The number of phenolic OH excluding ortho intramolecular Hbond substituents is 4. The van der Waals surface area contributed by atoms with Crippen LogP contribution in [0.4, 0.5) is 0 Å². The van der Waals surface area contributed by atoms with Gasteiger partial charge in [0, 0.05) is 44.2 Å². The zero-order valence-corrected chi connectivity index (χ0v) is 30.1. The van der Waals surface area contributed by atoms with E-state index in [1.165, 1.54) is 0 Å². The highest BCUT2D eigenvalue weighted by Gasteiger charge is 2.26. The zero-order valence-electron chi connectivity index (χ0n) is 30.1. The Balaban J connectivity index is 1.41. The lowest BCUT2D eigenvalue weighted by atomic mass is 9.85. The van der Waals surface area contributed by atoms with Gasteiger partial charge in [-0.15, -0.1) is 0 Å². The van der Waals surface area contributed by atoms with Crippen molar-refractivity contribution in [3.05, 3.63) is 120 Å². The number of benzene rings is 6. The maximum Gasteiger partial charge on any atom is 0.145 e. The van der Waals surface area contributed by atoms with Crippen LogP contribution < -0.4 is 0 Å². The molecule has 6 nitrogen and oxygen atoms in total. The van der Waals surface area contributed by atoms with E-state index in [1.54, 1.807) is 0 Å². The highest BCUT2D eigenvalue weighted by molar-refractivity contribution is 6.14. The summed E-state index contributed by atoms with van der Waals surface area (Å²) in [7, 11) is 0. The Morgan fingerprint density at radius 3 is 1.15 bits per heavy atom. The van der Waals surface area contributed by atoms with Gasteiger partial charge in [0.1, 0.15) is 34.0 Å². The molecular weight excluding hydrogens is 645 g/mol. The number of phenols is 4. The zero-order chi connectivity index (χ0) is 36.7. The molecule has 0 saturated heterocycles. The summed E-state index contributed by atoms with van der Waals surface area (Å²) in [6.45, 7) is 12.3. The minimum atomic E-state index is -0.300. The monoisotopic (exact) mass is 684 g/mol. The second kappa shape index (κ2) is 11.7. The topological polar surface area (TPSA) is 107 Å². The summed E-state index contributed by atoms with van der Waals surface area (Å²) >= 11 is 0. The van der Waals surface area contributed by atoms with Crippen LogP contribution in [0.15, 0.2) is 109 Å². The van der Waals surface area contributed by atoms with Crippen LogP contribution in [0.3, 0.4) is 0 Å². The Bertz CT molecular complexity index is 2560. The molecule has 2 heterocycles. The molecule has 0 amide bonds. The van der Waals surface area contributed by atoms with Crippen LogP contribution >= 0.6 is 0 Å². The van der Waals surface area contributed by atoms with Gasteiger partial charge in [0.2, 0.25) is 0 Å². The molecular formula is C46H40N2O4. The van der Waals surface area contributed by atoms with E-state index in [2.05, 4.69) is 0 Å². The Labute approximate surface area is 302 Å². The van der Waals surface area contributed by atoms with Gasteiger partial charge in [-0.2, -0.15) is 0 Å². The first-order chi connectivity index (χ1) is 24.7. The molecule has 0 saturated carbocycles. The van der Waals surface area contributed by atoms with Crippen molar-refractivity contribution in [2.24, 2.45) is 0 Å². The van der Waals surface area contributed by atoms with Crippen molar-refractivity contribution >= 4 is 43.4 Å². The average molecular weight is 685 g/mol. The molecule has 2 aromatic heterocycles. The Kier molecular flexibility index (Phi) is 7.44. The number of hydrogen-bond donors (Lipinski definition) is 4. The molecule has 0 aliphatic heterocycles. The molecule has 8 aromatic rings. The number of aromatic hydroxyl groups is 4. The van der Waals surface area contributed by atoms with E-state index in [-0.39, 0.29) is 33.8 Å². The van der Waals surface area contributed by atoms with Crippen molar-refractivity contribution in [3.63, 3.8) is 0 Å². The van der Waals surface area contributed by atoms with Crippen LogP contribution in [0, 0.1) is 0 Å². The third kappa shape index (κ3) is 5.25. The lowest BCUT2D eigenvalue weighted by Crippen LogP contribution is -2.11. The van der Waals surface area contributed by atoms with Crippen LogP contribution in [0.1, 0.15) is 52.7 Å². The van der Waals surface area contributed by atoms with E-state index in [0.29, 0.717) is 44.7 Å². The van der Waals surface area contributed by atoms with Crippen molar-refractivity contribution in [2.75, 3.05) is 0 Å². The minimum Gasteiger partial charge on any atom is -0.507 e. The quantitative estimate of drug-likeness (QED) is 0.148. The van der Waals surface area contributed by atoms with Crippen molar-refractivity contribution in [2.45, 2.75) is 52.4 Å². The summed E-state index contributed by atoms with van der Waals surface area (Å²) in [5, 5.41) is 52.3. The fourth-order valence-electron chi connectivity index (χ4n) is 7.43. The van der Waals surface area contributed by atoms with E-state index in [4.69, 9.17) is 9.97 Å². The van der Waals surface area contributed by atoms with Gasteiger partial charge in [-0.3, -0.25) is 0 Å². The fraction of sp³-hybridized carbons (Fsp3) is 0.174. The van der Waals surface area contributed by atoms with Crippen molar-refractivity contribution in [1.82, 2.24) is 9.97 Å². The van der Waals surface area contributed by atoms with Crippen molar-refractivity contribution in [1.29, 1.82) is 0 Å². The van der Waals surface area contributed by atoms with Crippen LogP contribution in [0.2, 0.25) is 0 Å². The van der Waals surface area contributed by atoms with Crippen LogP contribution in [0.5, 0.6) is 23.0 Å². The average Bonchev–Trinajstić information content (AvgIpc) is 3.11. The van der Waals surface area contributed by atoms with E-state index < -0.39 is 0 Å². The summed E-state index contributed by atoms with van der Waals surface area (Å²) in [6, 6.07) is 34.6. The number of aromatic nitrogens is 2. The predicted octanol–water partition coefficient (Wildman–Crippen LogP) is 11.5. The third-order valence-corrected chi connectivity index (χ3v) is 10.1. The molecule has 0 bridgehead atoms. The first-order valence-electron chi connectivity index (χ1n) is 17.5. The summed E-state index contributed by atoms with van der Waals surface area (Å²) in [6.07, 6.45) is 0. The maximum absolute atomic E-state index is 12.4. The number of rotatable bonds is 3. The van der Waals surface area contributed by atoms with Gasteiger partial charge in [0.05, 0.1) is 11.4 Å². The SMILES string of the molecule is CC(C)(C)c1ccc2ccc(-c3cc4ccccc4c(-c4c(O)c(-c5ccc6ccc(C(C)(C)C)c(O)c6n5)cc5ccccc45)c3O)nc2c1O. The van der Waals surface area contributed by atoms with E-state index in [0.717, 1.165) is 43.4 Å². The molecule has 0 aliphatic carbocycles. The number of nitrogens with zero attached hydrogens (tertiary/aromatic N) is 2. The van der Waals surface area contributed by atoms with E-state index in [1.807, 2.05) is 151 Å². The third-order valence-electron chi connectivity index (χ3n) is 10.1. The molecule has 52 heavy (non-hydrogen) atoms. The first-order valence-corrected chi connectivity index (χ1v) is 17.5. The second-order valence-corrected chi connectivity index (χ2v) is 15.7. The Morgan fingerprint density at radius 1 is 0.404 bits per heavy atom. The van der Waals surface area contributed by atoms with Gasteiger partial charge < -0.3 is 20.4 Å². The van der Waals surface area contributed by atoms with Gasteiger partial charge in [0.25, 0.3) is 0 Å². The van der Waals surface area contributed by atoms with Gasteiger partial charge in [-0.05, 0) is 56.6 Å². The summed E-state index contributed by atoms with van der Waals surface area (Å²) in [5.41, 5.74) is 4.69. The lowest BCUT2D eigenvalue weighted by Gasteiger charge is -2.22. The molecule has 258 valence electrons. The van der Waals surface area contributed by atoms with Gasteiger partial charge >= 0.3 is 0 Å². The summed E-state index contributed by atoms with van der Waals surface area (Å²) in [4.78, 5) is 9.85. The van der Waals surface area contributed by atoms with Crippen molar-refractivity contribution < 1.29 is 20.4 Å². The Hall–Kier alpha value is -6.14. The van der Waals surface area contributed by atoms with Gasteiger partial charge in [-0.25, -0.2) is 9.97 Å². The number of hydrogen-bond acceptors (Lipinski definition) is 6.